The number of nitrogens with zero attached hydrogens (tertiary/aromatic N) is 3. The van der Waals surface area contributed by atoms with Crippen LogP contribution in [0.15, 0.2) is 64.5 Å². The van der Waals surface area contributed by atoms with E-state index in [2.05, 4.69) is 30.9 Å². The van der Waals surface area contributed by atoms with Gasteiger partial charge < -0.3 is 20.4 Å². The van der Waals surface area contributed by atoms with Crippen molar-refractivity contribution in [3.05, 3.63) is 71.9 Å². The summed E-state index contributed by atoms with van der Waals surface area (Å²) >= 11 is 0. The summed E-state index contributed by atoms with van der Waals surface area (Å²) in [6.45, 7) is 6.13. The Balaban J connectivity index is 0.00000341. The summed E-state index contributed by atoms with van der Waals surface area (Å²) in [4.78, 5) is 25.0. The summed E-state index contributed by atoms with van der Waals surface area (Å²) in [7, 11) is 0. The number of guanidine groups is 1. The zero-order chi connectivity index (χ0) is 21.2. The van der Waals surface area contributed by atoms with Gasteiger partial charge in [-0.2, -0.15) is 0 Å². The molecule has 0 radical (unpaired) electrons. The van der Waals surface area contributed by atoms with E-state index in [4.69, 9.17) is 4.42 Å². The molecule has 0 saturated carbocycles. The van der Waals surface area contributed by atoms with Crippen LogP contribution in [0.2, 0.25) is 0 Å². The molecule has 2 heterocycles. The Morgan fingerprint density at radius 1 is 1.10 bits per heavy atom. The van der Waals surface area contributed by atoms with Gasteiger partial charge in [-0.25, -0.2) is 9.98 Å². The molecule has 3 aromatic rings. The number of rotatable bonds is 8. The Morgan fingerprint density at radius 3 is 2.58 bits per heavy atom. The fourth-order valence-corrected chi connectivity index (χ4v) is 2.67. The van der Waals surface area contributed by atoms with Gasteiger partial charge in [0.15, 0.2) is 5.96 Å². The molecule has 3 rings (SSSR count). The molecule has 8 nitrogen and oxygen atoms in total. The third kappa shape index (κ3) is 7.67. The van der Waals surface area contributed by atoms with Gasteiger partial charge in [-0.05, 0) is 38.1 Å². The number of oxazole rings is 1. The second kappa shape index (κ2) is 12.7. The molecule has 0 spiro atoms. The predicted octanol–water partition coefficient (Wildman–Crippen LogP) is 3.15. The van der Waals surface area contributed by atoms with Crippen molar-refractivity contribution in [3.8, 4) is 11.5 Å². The molecule has 1 aromatic carbocycles. The van der Waals surface area contributed by atoms with Gasteiger partial charge in [0, 0.05) is 37.6 Å². The number of carbonyl (C=O) groups excluding carboxylic acids is 1. The van der Waals surface area contributed by atoms with Crippen LogP contribution in [0.1, 0.15) is 28.5 Å². The molecule has 9 heteroatoms. The average molecular weight is 534 g/mol. The number of benzene rings is 1. The third-order valence-electron chi connectivity index (χ3n) is 4.22. The lowest BCUT2D eigenvalue weighted by atomic mass is 10.1. The van der Waals surface area contributed by atoms with Gasteiger partial charge in [0.1, 0.15) is 12.0 Å². The van der Waals surface area contributed by atoms with E-state index in [-0.39, 0.29) is 29.9 Å². The quantitative estimate of drug-likeness (QED) is 0.178. The smallest absolute Gasteiger partial charge is 0.252 e. The molecule has 0 bridgehead atoms. The molecule has 0 aliphatic heterocycles. The zero-order valence-corrected chi connectivity index (χ0v) is 19.9. The second-order valence-corrected chi connectivity index (χ2v) is 6.63. The molecular formula is C22H27IN6O2. The molecule has 3 N–H and O–H groups in total. The topological polar surface area (TPSA) is 104 Å². The summed E-state index contributed by atoms with van der Waals surface area (Å²) < 4.78 is 5.58. The van der Waals surface area contributed by atoms with E-state index in [1.165, 1.54) is 11.8 Å². The van der Waals surface area contributed by atoms with Crippen LogP contribution in [0, 0.1) is 6.92 Å². The van der Waals surface area contributed by atoms with Crippen molar-refractivity contribution in [2.24, 2.45) is 4.99 Å². The lowest BCUT2D eigenvalue weighted by Crippen LogP contribution is -2.41. The van der Waals surface area contributed by atoms with Crippen LogP contribution in [0.3, 0.4) is 0 Å². The second-order valence-electron chi connectivity index (χ2n) is 6.63. The molecule has 164 valence electrons. The van der Waals surface area contributed by atoms with Gasteiger partial charge in [0.25, 0.3) is 5.91 Å². The van der Waals surface area contributed by atoms with Gasteiger partial charge in [-0.3, -0.25) is 9.78 Å². The van der Waals surface area contributed by atoms with Crippen LogP contribution in [-0.2, 0) is 6.54 Å². The predicted molar refractivity (Wildman–Crippen MR) is 131 cm³/mol. The fraction of sp³-hybridized carbons (Fsp3) is 0.273. The van der Waals surface area contributed by atoms with Gasteiger partial charge in [0.2, 0.25) is 5.89 Å². The lowest BCUT2D eigenvalue weighted by molar-refractivity contribution is 0.0954. The summed E-state index contributed by atoms with van der Waals surface area (Å²) in [6, 6.07) is 11.5. The third-order valence-corrected chi connectivity index (χ3v) is 4.22. The molecule has 0 saturated heterocycles. The number of aromatic nitrogens is 2. The SMILES string of the molecule is CCNC(=NCc1coc(-c2ccc(C)cc2)n1)NCCNC(=O)c1cccnc1.I. The van der Waals surface area contributed by atoms with Crippen molar-refractivity contribution in [1.29, 1.82) is 0 Å². The van der Waals surface area contributed by atoms with Crippen LogP contribution in [0.4, 0.5) is 0 Å². The molecular weight excluding hydrogens is 507 g/mol. The highest BCUT2D eigenvalue weighted by molar-refractivity contribution is 14.0. The Morgan fingerprint density at radius 2 is 1.87 bits per heavy atom. The molecule has 0 fully saturated rings. The number of pyridine rings is 1. The van der Waals surface area contributed by atoms with Gasteiger partial charge in [0.05, 0.1) is 12.1 Å². The number of aryl methyl sites for hydroxylation is 1. The Hall–Kier alpha value is -2.95. The largest absolute Gasteiger partial charge is 0.444 e. The first-order valence-corrected chi connectivity index (χ1v) is 9.87. The maximum absolute atomic E-state index is 12.0. The van der Waals surface area contributed by atoms with Crippen LogP contribution < -0.4 is 16.0 Å². The molecule has 0 aliphatic rings. The fourth-order valence-electron chi connectivity index (χ4n) is 2.67. The van der Waals surface area contributed by atoms with E-state index in [1.54, 1.807) is 24.6 Å². The van der Waals surface area contributed by atoms with Crippen molar-refractivity contribution in [3.63, 3.8) is 0 Å². The van der Waals surface area contributed by atoms with Crippen LogP contribution in [0.5, 0.6) is 0 Å². The molecule has 1 amide bonds. The lowest BCUT2D eigenvalue weighted by Gasteiger charge is -2.11. The van der Waals surface area contributed by atoms with Crippen molar-refractivity contribution in [2.45, 2.75) is 20.4 Å². The number of hydrogen-bond acceptors (Lipinski definition) is 5. The first-order valence-electron chi connectivity index (χ1n) is 9.87. The van der Waals surface area contributed by atoms with E-state index >= 15 is 0 Å². The van der Waals surface area contributed by atoms with E-state index in [1.807, 2.05) is 38.1 Å². The number of hydrogen-bond donors (Lipinski definition) is 3. The number of aliphatic imine (C=N–C) groups is 1. The number of carbonyl (C=O) groups is 1. The molecule has 2 aromatic heterocycles. The van der Waals surface area contributed by atoms with Crippen LogP contribution >= 0.6 is 24.0 Å². The number of nitrogens with one attached hydrogen (secondary N) is 3. The highest BCUT2D eigenvalue weighted by atomic mass is 127. The Bertz CT molecular complexity index is 973. The number of halogens is 1. The molecule has 31 heavy (non-hydrogen) atoms. The zero-order valence-electron chi connectivity index (χ0n) is 17.6. The summed E-state index contributed by atoms with van der Waals surface area (Å²) in [5, 5.41) is 9.21. The maximum atomic E-state index is 12.0. The molecule has 0 aliphatic carbocycles. The minimum atomic E-state index is -0.155. The minimum Gasteiger partial charge on any atom is -0.444 e. The van der Waals surface area contributed by atoms with Crippen molar-refractivity contribution in [1.82, 2.24) is 25.9 Å². The van der Waals surface area contributed by atoms with E-state index in [9.17, 15) is 4.79 Å². The maximum Gasteiger partial charge on any atom is 0.252 e. The first-order chi connectivity index (χ1) is 14.7. The Kier molecular flexibility index (Phi) is 9.95. The normalized spacial score (nSPS) is 10.8. The standard InChI is InChI=1S/C22H26N6O2.HI/c1-3-24-22(26-12-11-25-20(29)18-5-4-10-23-13-18)27-14-19-15-30-21(28-19)17-8-6-16(2)7-9-17;/h4-10,13,15H,3,11-12,14H2,1-2H3,(H,25,29)(H2,24,26,27);1H. The summed E-state index contributed by atoms with van der Waals surface area (Å²) in [5.41, 5.74) is 3.40. The van der Waals surface area contributed by atoms with Crippen LogP contribution in [-0.4, -0.2) is 41.5 Å². The summed E-state index contributed by atoms with van der Waals surface area (Å²) in [6.07, 6.45) is 4.80. The minimum absolute atomic E-state index is 0. The highest BCUT2D eigenvalue weighted by Crippen LogP contribution is 2.19. The van der Waals surface area contributed by atoms with Crippen molar-refractivity contribution < 1.29 is 9.21 Å². The molecule has 0 atom stereocenters. The van der Waals surface area contributed by atoms with Crippen molar-refractivity contribution >= 4 is 35.8 Å². The Labute approximate surface area is 199 Å². The van der Waals surface area contributed by atoms with E-state index < -0.39 is 0 Å². The van der Waals surface area contributed by atoms with E-state index in [0.29, 0.717) is 37.0 Å². The number of amides is 1. The highest BCUT2D eigenvalue weighted by Gasteiger charge is 2.07. The first kappa shape index (κ1) is 24.3. The van der Waals surface area contributed by atoms with Gasteiger partial charge in [-0.15, -0.1) is 24.0 Å². The van der Waals surface area contributed by atoms with E-state index in [0.717, 1.165) is 17.8 Å². The molecule has 0 unspecified atom stereocenters. The van der Waals surface area contributed by atoms with Crippen molar-refractivity contribution in [2.75, 3.05) is 19.6 Å². The van der Waals surface area contributed by atoms with Crippen LogP contribution in [0.25, 0.3) is 11.5 Å². The average Bonchev–Trinajstić information content (AvgIpc) is 3.25. The van der Waals surface area contributed by atoms with Gasteiger partial charge in [-0.1, -0.05) is 17.7 Å². The van der Waals surface area contributed by atoms with Gasteiger partial charge >= 0.3 is 0 Å². The summed E-state index contributed by atoms with van der Waals surface area (Å²) in [5.74, 6) is 1.07. The monoisotopic (exact) mass is 534 g/mol.